The van der Waals surface area contributed by atoms with Crippen molar-refractivity contribution >= 4 is 10.8 Å². The first-order chi connectivity index (χ1) is 9.31. The number of hydrogen-bond donors (Lipinski definition) is 1. The highest BCUT2D eigenvalue weighted by Crippen LogP contribution is 2.30. The Morgan fingerprint density at radius 2 is 1.74 bits per heavy atom. The van der Waals surface area contributed by atoms with Gasteiger partial charge in [-0.15, -0.1) is 0 Å². The first-order valence-electron chi connectivity index (χ1n) is 6.11. The van der Waals surface area contributed by atoms with E-state index < -0.39 is 0 Å². The van der Waals surface area contributed by atoms with Crippen molar-refractivity contribution in [3.63, 3.8) is 0 Å². The predicted octanol–water partition coefficient (Wildman–Crippen LogP) is 2.63. The Morgan fingerprint density at radius 1 is 0.947 bits per heavy atom. The molecule has 0 bridgehead atoms. The Kier molecular flexibility index (Phi) is 2.89. The molecule has 19 heavy (non-hydrogen) atoms. The van der Waals surface area contributed by atoms with E-state index in [0.29, 0.717) is 5.69 Å². The molecule has 0 aliphatic rings. The molecule has 1 N–H and O–H groups in total. The summed E-state index contributed by atoms with van der Waals surface area (Å²) < 4.78 is 0.834. The third-order valence-corrected chi connectivity index (χ3v) is 3.27. The van der Waals surface area contributed by atoms with Crippen molar-refractivity contribution < 1.29 is 9.84 Å². The lowest BCUT2D eigenvalue weighted by atomic mass is 9.96. The summed E-state index contributed by atoms with van der Waals surface area (Å²) in [6.07, 6.45) is 1.47. The molecule has 3 aromatic rings. The van der Waals surface area contributed by atoms with Crippen LogP contribution in [0, 0.1) is 5.21 Å². The topological polar surface area (TPSA) is 47.2 Å². The van der Waals surface area contributed by atoms with E-state index in [1.165, 1.54) is 6.20 Å². The van der Waals surface area contributed by atoms with E-state index in [9.17, 15) is 10.3 Å². The lowest BCUT2D eigenvalue weighted by Gasteiger charge is -2.11. The summed E-state index contributed by atoms with van der Waals surface area (Å²) in [6, 6.07) is 17.0. The molecular formula is C16H13NO2. The molecule has 1 aromatic heterocycles. The van der Waals surface area contributed by atoms with Crippen molar-refractivity contribution in [2.75, 3.05) is 0 Å². The van der Waals surface area contributed by atoms with Crippen molar-refractivity contribution in [1.82, 2.24) is 0 Å². The number of fused-ring (bicyclic) bond motifs is 1. The van der Waals surface area contributed by atoms with Crippen LogP contribution in [0.5, 0.6) is 0 Å². The first-order valence-corrected chi connectivity index (χ1v) is 6.11. The van der Waals surface area contributed by atoms with Gasteiger partial charge in [-0.05, 0) is 22.4 Å². The molecule has 0 atom stereocenters. The second-order valence-corrected chi connectivity index (χ2v) is 4.39. The quantitative estimate of drug-likeness (QED) is 0.562. The Morgan fingerprint density at radius 3 is 2.53 bits per heavy atom. The summed E-state index contributed by atoms with van der Waals surface area (Å²) in [7, 11) is 0. The van der Waals surface area contributed by atoms with Gasteiger partial charge in [0.1, 0.15) is 0 Å². The van der Waals surface area contributed by atoms with Crippen LogP contribution in [-0.2, 0) is 6.61 Å². The van der Waals surface area contributed by atoms with Gasteiger partial charge in [0, 0.05) is 12.1 Å². The molecule has 94 valence electrons. The van der Waals surface area contributed by atoms with Crippen LogP contribution in [-0.4, -0.2) is 5.11 Å². The molecule has 0 amide bonds. The fourth-order valence-electron chi connectivity index (χ4n) is 2.37. The summed E-state index contributed by atoms with van der Waals surface area (Å²) in [5.41, 5.74) is 2.12. The number of aromatic nitrogens is 1. The minimum absolute atomic E-state index is 0.0882. The van der Waals surface area contributed by atoms with E-state index in [-0.39, 0.29) is 6.61 Å². The van der Waals surface area contributed by atoms with E-state index in [1.807, 2.05) is 42.5 Å². The fourth-order valence-corrected chi connectivity index (χ4v) is 2.37. The van der Waals surface area contributed by atoms with Crippen LogP contribution in [0.2, 0.25) is 0 Å². The van der Waals surface area contributed by atoms with Crippen molar-refractivity contribution in [2.45, 2.75) is 6.61 Å². The van der Waals surface area contributed by atoms with Gasteiger partial charge >= 0.3 is 0 Å². The third-order valence-electron chi connectivity index (χ3n) is 3.27. The minimum Gasteiger partial charge on any atom is -0.618 e. The van der Waals surface area contributed by atoms with Gasteiger partial charge in [0.05, 0.1) is 12.2 Å². The van der Waals surface area contributed by atoms with E-state index in [1.54, 1.807) is 12.1 Å². The van der Waals surface area contributed by atoms with Crippen molar-refractivity contribution in [3.05, 3.63) is 71.6 Å². The van der Waals surface area contributed by atoms with Gasteiger partial charge in [-0.3, -0.25) is 0 Å². The first kappa shape index (κ1) is 11.7. The Labute approximate surface area is 111 Å². The predicted molar refractivity (Wildman–Crippen MR) is 74.3 cm³/mol. The molecule has 1 heterocycles. The number of benzene rings is 2. The Hall–Kier alpha value is -2.39. The molecule has 0 aliphatic carbocycles. The molecule has 3 heteroatoms. The van der Waals surface area contributed by atoms with Crippen molar-refractivity contribution in [3.8, 4) is 11.3 Å². The molecule has 2 aromatic carbocycles. The Bertz CT molecular complexity index is 738. The SMILES string of the molecule is [O-][n+]1ccccc1-c1c(CO)ccc2ccccc12. The van der Waals surface area contributed by atoms with Crippen molar-refractivity contribution in [1.29, 1.82) is 0 Å². The highest BCUT2D eigenvalue weighted by Gasteiger charge is 2.15. The van der Waals surface area contributed by atoms with Crippen LogP contribution in [0.1, 0.15) is 5.56 Å². The van der Waals surface area contributed by atoms with Crippen LogP contribution in [0.15, 0.2) is 60.8 Å². The summed E-state index contributed by atoms with van der Waals surface area (Å²) in [5, 5.41) is 23.5. The van der Waals surface area contributed by atoms with Gasteiger partial charge in [0.25, 0.3) is 0 Å². The lowest BCUT2D eigenvalue weighted by molar-refractivity contribution is -0.593. The van der Waals surface area contributed by atoms with E-state index >= 15 is 0 Å². The standard InChI is InChI=1S/C16H13NO2/c18-11-13-9-8-12-5-1-2-6-14(12)16(13)15-7-3-4-10-17(15)19/h1-10,18H,11H2. The molecule has 0 saturated carbocycles. The number of nitrogens with zero attached hydrogens (tertiary/aromatic N) is 1. The summed E-state index contributed by atoms with van der Waals surface area (Å²) in [5.74, 6) is 0. The maximum Gasteiger partial charge on any atom is 0.224 e. The average Bonchev–Trinajstić information content (AvgIpc) is 2.47. The van der Waals surface area contributed by atoms with Gasteiger partial charge in [-0.25, -0.2) is 0 Å². The molecule has 0 saturated heterocycles. The van der Waals surface area contributed by atoms with Gasteiger partial charge < -0.3 is 10.3 Å². The zero-order chi connectivity index (χ0) is 13.2. The molecular weight excluding hydrogens is 238 g/mol. The highest BCUT2D eigenvalue weighted by molar-refractivity contribution is 5.96. The molecule has 0 fully saturated rings. The number of aliphatic hydroxyl groups is 1. The third kappa shape index (κ3) is 1.94. The zero-order valence-electron chi connectivity index (χ0n) is 10.3. The van der Waals surface area contributed by atoms with E-state index in [4.69, 9.17) is 0 Å². The summed E-state index contributed by atoms with van der Waals surface area (Å²) in [4.78, 5) is 0. The van der Waals surface area contributed by atoms with Gasteiger partial charge in [-0.1, -0.05) is 36.4 Å². The maximum absolute atomic E-state index is 12.0. The van der Waals surface area contributed by atoms with Gasteiger partial charge in [0.15, 0.2) is 6.20 Å². The maximum atomic E-state index is 12.0. The van der Waals surface area contributed by atoms with Gasteiger partial charge in [-0.2, -0.15) is 4.73 Å². The average molecular weight is 251 g/mol. The van der Waals surface area contributed by atoms with Crippen molar-refractivity contribution in [2.24, 2.45) is 0 Å². The number of aliphatic hydroxyl groups excluding tert-OH is 1. The molecule has 0 unspecified atom stereocenters. The number of hydrogen-bond acceptors (Lipinski definition) is 2. The van der Waals surface area contributed by atoms with Gasteiger partial charge in [0.2, 0.25) is 5.69 Å². The van der Waals surface area contributed by atoms with Crippen LogP contribution in [0.3, 0.4) is 0 Å². The highest BCUT2D eigenvalue weighted by atomic mass is 16.5. The summed E-state index contributed by atoms with van der Waals surface area (Å²) >= 11 is 0. The monoisotopic (exact) mass is 251 g/mol. The fraction of sp³-hybridized carbons (Fsp3) is 0.0625. The lowest BCUT2D eigenvalue weighted by Crippen LogP contribution is -2.28. The Balaban J connectivity index is 2.41. The smallest absolute Gasteiger partial charge is 0.224 e. The van der Waals surface area contributed by atoms with E-state index in [2.05, 4.69) is 0 Å². The van der Waals surface area contributed by atoms with Crippen LogP contribution >= 0.6 is 0 Å². The second kappa shape index (κ2) is 4.71. The van der Waals surface area contributed by atoms with Crippen LogP contribution < -0.4 is 4.73 Å². The number of pyridine rings is 1. The molecule has 0 spiro atoms. The second-order valence-electron chi connectivity index (χ2n) is 4.39. The zero-order valence-corrected chi connectivity index (χ0v) is 10.3. The molecule has 3 rings (SSSR count). The summed E-state index contributed by atoms with van der Waals surface area (Å²) in [6.45, 7) is -0.0882. The minimum atomic E-state index is -0.0882. The van der Waals surface area contributed by atoms with E-state index in [0.717, 1.165) is 26.6 Å². The molecule has 0 aliphatic heterocycles. The normalized spacial score (nSPS) is 10.8. The largest absolute Gasteiger partial charge is 0.618 e. The number of rotatable bonds is 2. The molecule has 3 nitrogen and oxygen atoms in total. The van der Waals surface area contributed by atoms with Crippen LogP contribution in [0.4, 0.5) is 0 Å². The molecule has 0 radical (unpaired) electrons. The van der Waals surface area contributed by atoms with Crippen LogP contribution in [0.25, 0.3) is 22.0 Å².